The van der Waals surface area contributed by atoms with Crippen LogP contribution in [-0.4, -0.2) is 17.2 Å². The molecule has 0 fully saturated rings. The van der Waals surface area contributed by atoms with Crippen molar-refractivity contribution in [3.05, 3.63) is 82.1 Å². The number of nitrogens with one attached hydrogen (secondary N) is 1. The van der Waals surface area contributed by atoms with Crippen molar-refractivity contribution in [1.82, 2.24) is 5.32 Å². The number of phenolic OH excluding ortho intramolecular Hbond substituents is 1. The van der Waals surface area contributed by atoms with Gasteiger partial charge in [-0.2, -0.15) is 0 Å². The number of benzene rings is 1. The number of nitrogens with zero attached hydrogens (tertiary/aromatic N) is 1. The predicted molar refractivity (Wildman–Crippen MR) is 120 cm³/mol. The minimum absolute atomic E-state index is 0.115. The Balaban J connectivity index is 1.61. The second-order valence-corrected chi connectivity index (χ2v) is 8.38. The van der Waals surface area contributed by atoms with E-state index in [0.717, 1.165) is 53.1 Å². The van der Waals surface area contributed by atoms with Gasteiger partial charge in [-0.15, -0.1) is 17.9 Å². The Bertz CT molecular complexity index is 1080. The van der Waals surface area contributed by atoms with Crippen LogP contribution in [0.15, 0.2) is 58.7 Å². The molecular weight excluding hydrogens is 396 g/mol. The number of fused-ring (bicyclic) bond motifs is 1. The van der Waals surface area contributed by atoms with Crippen LogP contribution in [0, 0.1) is 0 Å². The van der Waals surface area contributed by atoms with E-state index in [1.165, 1.54) is 4.88 Å². The lowest BCUT2D eigenvalue weighted by Crippen LogP contribution is -2.23. The summed E-state index contributed by atoms with van der Waals surface area (Å²) in [7, 11) is 0. The molecule has 0 saturated carbocycles. The highest BCUT2D eigenvalue weighted by atomic mass is 32.1. The lowest BCUT2D eigenvalue weighted by molar-refractivity contribution is 0.0948. The predicted octanol–water partition coefficient (Wildman–Crippen LogP) is 5.33. The second kappa shape index (κ2) is 9.13. The summed E-state index contributed by atoms with van der Waals surface area (Å²) in [6, 6.07) is 9.02. The van der Waals surface area contributed by atoms with Gasteiger partial charge in [0.2, 0.25) is 0 Å². The van der Waals surface area contributed by atoms with Gasteiger partial charge in [0.15, 0.2) is 0 Å². The fourth-order valence-electron chi connectivity index (χ4n) is 3.68. The minimum Gasteiger partial charge on any atom is -0.508 e. The second-order valence-electron chi connectivity index (χ2n) is 7.29. The third kappa shape index (κ3) is 4.39. The van der Waals surface area contributed by atoms with Gasteiger partial charge in [0, 0.05) is 11.1 Å². The van der Waals surface area contributed by atoms with E-state index in [4.69, 9.17) is 4.42 Å². The van der Waals surface area contributed by atoms with Gasteiger partial charge in [-0.25, -0.2) is 4.99 Å². The molecule has 0 saturated heterocycles. The summed E-state index contributed by atoms with van der Waals surface area (Å²) in [6.07, 6.45) is 9.84. The number of phenols is 1. The molecule has 4 rings (SSSR count). The molecule has 2 aromatic heterocycles. The Morgan fingerprint density at radius 3 is 2.97 bits per heavy atom. The van der Waals surface area contributed by atoms with Gasteiger partial charge >= 0.3 is 0 Å². The maximum Gasteiger partial charge on any atom is 0.255 e. The number of amides is 1. The van der Waals surface area contributed by atoms with E-state index in [1.54, 1.807) is 36.0 Å². The fraction of sp³-hybridized carbons (Fsp3) is 0.250. The molecule has 0 unspecified atom stereocenters. The summed E-state index contributed by atoms with van der Waals surface area (Å²) in [5.74, 6) is 0.851. The molecule has 0 radical (unpaired) electrons. The topological polar surface area (TPSA) is 74.8 Å². The Labute approximate surface area is 179 Å². The number of carbonyl (C=O) groups excluding carboxylic acids is 1. The fourth-order valence-corrected chi connectivity index (χ4v) is 4.91. The summed E-state index contributed by atoms with van der Waals surface area (Å²) in [5.41, 5.74) is 3.49. The summed E-state index contributed by atoms with van der Waals surface area (Å²) in [4.78, 5) is 19.0. The highest BCUT2D eigenvalue weighted by Gasteiger charge is 2.25. The van der Waals surface area contributed by atoms with E-state index in [2.05, 4.69) is 16.9 Å². The number of carbonyl (C=O) groups is 1. The molecule has 1 aliphatic carbocycles. The number of rotatable bonds is 7. The van der Waals surface area contributed by atoms with Gasteiger partial charge in [-0.3, -0.25) is 4.79 Å². The number of hydrogen-bond acceptors (Lipinski definition) is 5. The normalized spacial score (nSPS) is 13.3. The molecular formula is C24H24N2O3S. The van der Waals surface area contributed by atoms with Crippen LogP contribution in [0.1, 0.15) is 50.5 Å². The third-order valence-corrected chi connectivity index (χ3v) is 6.38. The highest BCUT2D eigenvalue weighted by molar-refractivity contribution is 7.16. The van der Waals surface area contributed by atoms with Gasteiger partial charge in [-0.1, -0.05) is 6.08 Å². The molecule has 3 aromatic rings. The maximum absolute atomic E-state index is 13.0. The third-order valence-electron chi connectivity index (χ3n) is 5.18. The molecule has 30 heavy (non-hydrogen) atoms. The molecule has 0 bridgehead atoms. The number of hydrogen-bond donors (Lipinski definition) is 2. The largest absolute Gasteiger partial charge is 0.508 e. The summed E-state index contributed by atoms with van der Waals surface area (Å²) < 4.78 is 5.32. The standard InChI is InChI=1S/C24H24N2O3S/c1-2-6-17-13-16(10-11-20(17)27)14-26-24-22(19-8-3-4-9-21(19)30-24)23(28)25-15-18-7-5-12-29-18/h2,5,7,10-14,27H,1,3-4,6,8-9,15H2,(H,25,28). The van der Waals surface area contributed by atoms with Gasteiger partial charge in [-0.05, 0) is 79.1 Å². The van der Waals surface area contributed by atoms with Gasteiger partial charge in [0.1, 0.15) is 16.5 Å². The number of furan rings is 1. The molecule has 6 heteroatoms. The average Bonchev–Trinajstić information content (AvgIpc) is 3.40. The molecule has 0 spiro atoms. The van der Waals surface area contributed by atoms with Crippen molar-refractivity contribution in [3.63, 3.8) is 0 Å². The SMILES string of the molecule is C=CCc1cc(C=Nc2sc3c(c2C(=O)NCc2ccco2)CCCC3)ccc1O. The number of allylic oxidation sites excluding steroid dienone is 1. The minimum atomic E-state index is -0.115. The van der Waals surface area contributed by atoms with Crippen molar-refractivity contribution in [2.75, 3.05) is 0 Å². The van der Waals surface area contributed by atoms with Crippen LogP contribution in [0.3, 0.4) is 0 Å². The van der Waals surface area contributed by atoms with Crippen molar-refractivity contribution in [1.29, 1.82) is 0 Å². The molecule has 0 atom stereocenters. The molecule has 1 aromatic carbocycles. The van der Waals surface area contributed by atoms with E-state index >= 15 is 0 Å². The van der Waals surface area contributed by atoms with Crippen molar-refractivity contribution in [3.8, 4) is 5.75 Å². The zero-order chi connectivity index (χ0) is 20.9. The molecule has 154 valence electrons. The first kappa shape index (κ1) is 20.2. The number of aryl methyl sites for hydroxylation is 1. The van der Waals surface area contributed by atoms with E-state index in [-0.39, 0.29) is 11.7 Å². The molecule has 5 nitrogen and oxygen atoms in total. The van der Waals surface area contributed by atoms with Gasteiger partial charge < -0.3 is 14.8 Å². The Morgan fingerprint density at radius 2 is 2.17 bits per heavy atom. The first-order chi connectivity index (χ1) is 14.7. The lowest BCUT2D eigenvalue weighted by atomic mass is 9.95. The maximum atomic E-state index is 13.0. The molecule has 2 N–H and O–H groups in total. The van der Waals surface area contributed by atoms with Gasteiger partial charge in [0.25, 0.3) is 5.91 Å². The first-order valence-corrected chi connectivity index (χ1v) is 10.9. The summed E-state index contributed by atoms with van der Waals surface area (Å²) in [6.45, 7) is 4.08. The smallest absolute Gasteiger partial charge is 0.255 e. The van der Waals surface area contributed by atoms with Gasteiger partial charge in [0.05, 0.1) is 18.4 Å². The molecule has 1 amide bonds. The number of aliphatic imine (C=N–C) groups is 1. The molecule has 2 heterocycles. The quantitative estimate of drug-likeness (QED) is 0.400. The van der Waals surface area contributed by atoms with Crippen LogP contribution in [0.4, 0.5) is 5.00 Å². The summed E-state index contributed by atoms with van der Waals surface area (Å²) >= 11 is 1.60. The van der Waals surface area contributed by atoms with Crippen LogP contribution < -0.4 is 5.32 Å². The van der Waals surface area contributed by atoms with Crippen LogP contribution in [0.5, 0.6) is 5.75 Å². The summed E-state index contributed by atoms with van der Waals surface area (Å²) in [5, 5.41) is 13.7. The Kier molecular flexibility index (Phi) is 6.14. The van der Waals surface area contributed by atoms with Crippen molar-refractivity contribution in [2.24, 2.45) is 4.99 Å². The zero-order valence-electron chi connectivity index (χ0n) is 16.7. The van der Waals surface area contributed by atoms with E-state index in [0.29, 0.717) is 18.5 Å². The Hall–Kier alpha value is -3.12. The van der Waals surface area contributed by atoms with E-state index in [9.17, 15) is 9.90 Å². The van der Waals surface area contributed by atoms with E-state index in [1.807, 2.05) is 24.3 Å². The van der Waals surface area contributed by atoms with Crippen LogP contribution >= 0.6 is 11.3 Å². The van der Waals surface area contributed by atoms with Crippen LogP contribution in [-0.2, 0) is 25.8 Å². The van der Waals surface area contributed by atoms with Crippen molar-refractivity contribution in [2.45, 2.75) is 38.6 Å². The number of thiophene rings is 1. The van der Waals surface area contributed by atoms with Crippen LogP contribution in [0.25, 0.3) is 0 Å². The van der Waals surface area contributed by atoms with Crippen LogP contribution in [0.2, 0.25) is 0 Å². The monoisotopic (exact) mass is 420 g/mol. The highest BCUT2D eigenvalue weighted by Crippen LogP contribution is 2.40. The Morgan fingerprint density at radius 1 is 1.30 bits per heavy atom. The van der Waals surface area contributed by atoms with Crippen molar-refractivity contribution < 1.29 is 14.3 Å². The molecule has 1 aliphatic rings. The lowest BCUT2D eigenvalue weighted by Gasteiger charge is -2.12. The van der Waals surface area contributed by atoms with E-state index < -0.39 is 0 Å². The van der Waals surface area contributed by atoms with Crippen molar-refractivity contribution >= 4 is 28.5 Å². The average molecular weight is 421 g/mol. The first-order valence-electron chi connectivity index (χ1n) is 10.1. The molecule has 0 aliphatic heterocycles. The number of aromatic hydroxyl groups is 1. The zero-order valence-corrected chi connectivity index (χ0v) is 17.5.